The molecule has 1 aromatic heterocycles. The first-order valence-electron chi connectivity index (χ1n) is 10.9. The highest BCUT2D eigenvalue weighted by atomic mass is 32.1. The quantitative estimate of drug-likeness (QED) is 0.259. The van der Waals surface area contributed by atoms with Crippen molar-refractivity contribution in [3.63, 3.8) is 0 Å². The van der Waals surface area contributed by atoms with Crippen LogP contribution in [0.5, 0.6) is 0 Å². The SMILES string of the molecule is O=P1(c2cccc3c2sc2ccccc23)[C@H](c2ccccc2)CC[C@H]1c1ccccc1. The van der Waals surface area contributed by atoms with Crippen LogP contribution < -0.4 is 5.30 Å². The summed E-state index contributed by atoms with van der Waals surface area (Å²) >= 11 is 1.80. The molecular weight excluding hydrogens is 415 g/mol. The van der Waals surface area contributed by atoms with Crippen molar-refractivity contribution >= 4 is 44.0 Å². The molecule has 4 aromatic carbocycles. The Kier molecular flexibility index (Phi) is 4.60. The first kappa shape index (κ1) is 19.0. The Balaban J connectivity index is 1.64. The third-order valence-corrected chi connectivity index (χ3v) is 12.2. The smallest absolute Gasteiger partial charge is 0.131 e. The van der Waals surface area contributed by atoms with Gasteiger partial charge in [0.25, 0.3) is 0 Å². The Bertz CT molecular complexity index is 1370. The molecular formula is C28H23OPS. The van der Waals surface area contributed by atoms with Crippen LogP contribution >= 0.6 is 18.5 Å². The molecule has 1 aliphatic heterocycles. The summed E-state index contributed by atoms with van der Waals surface area (Å²) in [5.41, 5.74) is 2.55. The van der Waals surface area contributed by atoms with Crippen LogP contribution in [0.1, 0.15) is 35.3 Å². The molecule has 5 aromatic rings. The molecule has 0 N–H and O–H groups in total. The van der Waals surface area contributed by atoms with Gasteiger partial charge in [-0.15, -0.1) is 11.3 Å². The molecule has 0 bridgehead atoms. The van der Waals surface area contributed by atoms with Crippen molar-refractivity contribution in [1.29, 1.82) is 0 Å². The average molecular weight is 439 g/mol. The van der Waals surface area contributed by atoms with Gasteiger partial charge in [-0.25, -0.2) is 0 Å². The maximum atomic E-state index is 15.4. The van der Waals surface area contributed by atoms with Gasteiger partial charge in [0, 0.05) is 36.8 Å². The molecule has 3 heteroatoms. The minimum absolute atomic E-state index is 0.0646. The van der Waals surface area contributed by atoms with E-state index in [1.54, 1.807) is 11.3 Å². The number of hydrogen-bond donors (Lipinski definition) is 0. The summed E-state index contributed by atoms with van der Waals surface area (Å²) in [7, 11) is -2.78. The van der Waals surface area contributed by atoms with Crippen LogP contribution in [0.15, 0.2) is 103 Å². The predicted molar refractivity (Wildman–Crippen MR) is 134 cm³/mol. The molecule has 0 saturated carbocycles. The molecule has 152 valence electrons. The van der Waals surface area contributed by atoms with E-state index in [2.05, 4.69) is 91.0 Å². The fraction of sp³-hybridized carbons (Fsp3) is 0.143. The maximum absolute atomic E-state index is 15.4. The van der Waals surface area contributed by atoms with Crippen LogP contribution in [0.2, 0.25) is 0 Å². The van der Waals surface area contributed by atoms with Crippen molar-refractivity contribution in [1.82, 2.24) is 0 Å². The number of rotatable bonds is 3. The van der Waals surface area contributed by atoms with Gasteiger partial charge in [-0.1, -0.05) is 91.0 Å². The lowest BCUT2D eigenvalue weighted by atomic mass is 10.0. The average Bonchev–Trinajstić information content (AvgIpc) is 3.38. The zero-order chi connectivity index (χ0) is 20.8. The van der Waals surface area contributed by atoms with Gasteiger partial charge in [-0.2, -0.15) is 0 Å². The van der Waals surface area contributed by atoms with Crippen LogP contribution in [0.4, 0.5) is 0 Å². The van der Waals surface area contributed by atoms with Gasteiger partial charge in [0.05, 0.1) is 0 Å². The van der Waals surface area contributed by atoms with E-state index in [0.717, 1.165) is 18.1 Å². The monoisotopic (exact) mass is 438 g/mol. The molecule has 1 aliphatic rings. The van der Waals surface area contributed by atoms with Crippen LogP contribution in [0.25, 0.3) is 20.2 Å². The first-order chi connectivity index (χ1) is 15.3. The van der Waals surface area contributed by atoms with Crippen molar-refractivity contribution in [3.05, 3.63) is 114 Å². The lowest BCUT2D eigenvalue weighted by Gasteiger charge is -2.28. The molecule has 2 atom stereocenters. The Morgan fingerprint density at radius 3 is 1.81 bits per heavy atom. The summed E-state index contributed by atoms with van der Waals surface area (Å²) < 4.78 is 17.8. The zero-order valence-electron chi connectivity index (χ0n) is 17.1. The molecule has 0 unspecified atom stereocenters. The van der Waals surface area contributed by atoms with Gasteiger partial charge in [0.1, 0.15) is 7.14 Å². The third kappa shape index (κ3) is 2.93. The van der Waals surface area contributed by atoms with Crippen molar-refractivity contribution < 1.29 is 4.57 Å². The van der Waals surface area contributed by atoms with E-state index in [-0.39, 0.29) is 11.3 Å². The van der Waals surface area contributed by atoms with E-state index in [0.29, 0.717) is 0 Å². The largest absolute Gasteiger partial charge is 0.317 e. The van der Waals surface area contributed by atoms with Gasteiger partial charge in [0.2, 0.25) is 0 Å². The second-order valence-electron chi connectivity index (χ2n) is 8.39. The number of hydrogen-bond acceptors (Lipinski definition) is 2. The van der Waals surface area contributed by atoms with Crippen molar-refractivity contribution in [3.8, 4) is 0 Å². The minimum Gasteiger partial charge on any atom is -0.317 e. The van der Waals surface area contributed by atoms with E-state index in [9.17, 15) is 0 Å². The van der Waals surface area contributed by atoms with Crippen LogP contribution in [0, 0.1) is 0 Å². The zero-order valence-corrected chi connectivity index (χ0v) is 18.9. The van der Waals surface area contributed by atoms with Crippen LogP contribution in [-0.4, -0.2) is 0 Å². The van der Waals surface area contributed by atoms with Crippen LogP contribution in [0.3, 0.4) is 0 Å². The fourth-order valence-electron chi connectivity index (χ4n) is 5.39. The fourth-order valence-corrected chi connectivity index (χ4v) is 11.2. The van der Waals surface area contributed by atoms with Gasteiger partial charge >= 0.3 is 0 Å². The first-order valence-corrected chi connectivity index (χ1v) is 13.5. The normalized spacial score (nSPS) is 20.4. The highest BCUT2D eigenvalue weighted by Gasteiger charge is 2.49. The van der Waals surface area contributed by atoms with Crippen molar-refractivity contribution in [2.75, 3.05) is 0 Å². The molecule has 0 amide bonds. The van der Waals surface area contributed by atoms with E-state index in [1.807, 2.05) is 12.1 Å². The second-order valence-corrected chi connectivity index (χ2v) is 12.6. The second kappa shape index (κ2) is 7.48. The molecule has 1 saturated heterocycles. The van der Waals surface area contributed by atoms with E-state index in [1.165, 1.54) is 31.3 Å². The third-order valence-electron chi connectivity index (χ3n) is 6.77. The molecule has 1 nitrogen and oxygen atoms in total. The van der Waals surface area contributed by atoms with Gasteiger partial charge in [-0.3, -0.25) is 0 Å². The maximum Gasteiger partial charge on any atom is 0.131 e. The lowest BCUT2D eigenvalue weighted by Crippen LogP contribution is -2.12. The van der Waals surface area contributed by atoms with Gasteiger partial charge < -0.3 is 4.57 Å². The van der Waals surface area contributed by atoms with E-state index < -0.39 is 7.14 Å². The summed E-state index contributed by atoms with van der Waals surface area (Å²) in [5, 5.41) is 3.58. The Morgan fingerprint density at radius 2 is 1.16 bits per heavy atom. The molecule has 1 fully saturated rings. The Hall–Kier alpha value is -2.67. The van der Waals surface area contributed by atoms with Crippen LogP contribution in [-0.2, 0) is 4.57 Å². The Morgan fingerprint density at radius 1 is 0.613 bits per heavy atom. The summed E-state index contributed by atoms with van der Waals surface area (Å²) in [6.07, 6.45) is 1.92. The molecule has 0 spiro atoms. The molecule has 2 heterocycles. The summed E-state index contributed by atoms with van der Waals surface area (Å²) in [5.74, 6) is 0. The van der Waals surface area contributed by atoms with Crippen molar-refractivity contribution in [2.45, 2.75) is 24.2 Å². The van der Waals surface area contributed by atoms with E-state index >= 15 is 4.57 Å². The number of thiophene rings is 1. The molecule has 0 radical (unpaired) electrons. The molecule has 6 rings (SSSR count). The predicted octanol–water partition coefficient (Wildman–Crippen LogP) is 8.32. The highest BCUT2D eigenvalue weighted by molar-refractivity contribution is 7.73. The van der Waals surface area contributed by atoms with E-state index in [4.69, 9.17) is 0 Å². The molecule has 0 aliphatic carbocycles. The minimum atomic E-state index is -2.78. The topological polar surface area (TPSA) is 17.1 Å². The lowest BCUT2D eigenvalue weighted by molar-refractivity contribution is 0.574. The van der Waals surface area contributed by atoms with Gasteiger partial charge in [-0.05, 0) is 36.1 Å². The molecule has 31 heavy (non-hydrogen) atoms. The number of benzene rings is 4. The summed E-state index contributed by atoms with van der Waals surface area (Å²) in [6.45, 7) is 0. The summed E-state index contributed by atoms with van der Waals surface area (Å²) in [6, 6.07) is 36.1. The standard InChI is InChI=1S/C28H23OPS/c29-30(26-16-9-15-23-22-14-7-8-17-27(22)31-28(23)26)24(20-10-3-1-4-11-20)18-19-25(30)21-12-5-2-6-13-21/h1-17,24-25H,18-19H2/t24-,25-/m0/s1. The van der Waals surface area contributed by atoms with Gasteiger partial charge in [0.15, 0.2) is 0 Å². The Labute approximate surface area is 186 Å². The number of fused-ring (bicyclic) bond motifs is 3. The van der Waals surface area contributed by atoms with Crippen molar-refractivity contribution in [2.24, 2.45) is 0 Å². The summed E-state index contributed by atoms with van der Waals surface area (Å²) in [4.78, 5) is 0. The highest BCUT2D eigenvalue weighted by Crippen LogP contribution is 2.76.